The van der Waals surface area contributed by atoms with Crippen molar-refractivity contribution in [3.63, 3.8) is 0 Å². The number of nitrogens with one attached hydrogen (secondary N) is 1. The average molecular weight is 292 g/mol. The summed E-state index contributed by atoms with van der Waals surface area (Å²) in [7, 11) is 0. The Morgan fingerprint density at radius 2 is 2.00 bits per heavy atom. The van der Waals surface area contributed by atoms with Gasteiger partial charge in [-0.15, -0.1) is 0 Å². The van der Waals surface area contributed by atoms with Crippen LogP contribution < -0.4 is 5.32 Å². The van der Waals surface area contributed by atoms with Gasteiger partial charge in [-0.3, -0.25) is 0 Å². The molecule has 6 heteroatoms. The van der Waals surface area contributed by atoms with E-state index in [1.807, 2.05) is 41.1 Å². The number of fused-ring (bicyclic) bond motifs is 1. The predicted molar refractivity (Wildman–Crippen MR) is 83.2 cm³/mol. The van der Waals surface area contributed by atoms with Crippen molar-refractivity contribution in [3.8, 4) is 11.4 Å². The lowest BCUT2D eigenvalue weighted by Gasteiger charge is -2.24. The molecular formula is C16H16N6. The van der Waals surface area contributed by atoms with Crippen LogP contribution in [0.25, 0.3) is 11.4 Å². The fourth-order valence-corrected chi connectivity index (χ4v) is 2.73. The summed E-state index contributed by atoms with van der Waals surface area (Å²) in [5.41, 5.74) is 1.02. The maximum Gasteiger partial charge on any atom is 0.161 e. The zero-order valence-corrected chi connectivity index (χ0v) is 12.1. The van der Waals surface area contributed by atoms with Gasteiger partial charge in [-0.25, -0.2) is 19.6 Å². The number of aryl methyl sites for hydroxylation is 1. The number of rotatable bonds is 3. The zero-order valence-electron chi connectivity index (χ0n) is 12.1. The molecule has 1 aliphatic heterocycles. The molecule has 0 spiro atoms. The van der Waals surface area contributed by atoms with Crippen molar-refractivity contribution in [2.45, 2.75) is 25.4 Å². The third kappa shape index (κ3) is 2.55. The van der Waals surface area contributed by atoms with E-state index in [1.54, 1.807) is 12.5 Å². The van der Waals surface area contributed by atoms with Crippen LogP contribution in [0.2, 0.25) is 0 Å². The standard InChI is InChI=1S/C16H16N6/c1-2-4-12(5-3-1)16-17-9-8-14(21-16)20-13-6-7-15-18-11-19-22(15)10-13/h1-5,8-9,11,13H,6-7,10H2,(H,17,20,21). The normalized spacial score (nSPS) is 17.0. The summed E-state index contributed by atoms with van der Waals surface area (Å²) in [6.07, 6.45) is 5.38. The van der Waals surface area contributed by atoms with E-state index < -0.39 is 0 Å². The SMILES string of the molecule is c1ccc(-c2nccc(NC3CCc4ncnn4C3)n2)cc1. The molecule has 0 aliphatic carbocycles. The van der Waals surface area contributed by atoms with Gasteiger partial charge in [0.25, 0.3) is 0 Å². The lowest BCUT2D eigenvalue weighted by Crippen LogP contribution is -2.32. The minimum Gasteiger partial charge on any atom is -0.365 e. The number of hydrogen-bond acceptors (Lipinski definition) is 5. The minimum absolute atomic E-state index is 0.313. The van der Waals surface area contributed by atoms with E-state index in [0.29, 0.717) is 6.04 Å². The molecule has 6 nitrogen and oxygen atoms in total. The van der Waals surface area contributed by atoms with E-state index in [0.717, 1.165) is 42.4 Å². The summed E-state index contributed by atoms with van der Waals surface area (Å²) in [6, 6.07) is 12.2. The fourth-order valence-electron chi connectivity index (χ4n) is 2.73. The molecule has 0 radical (unpaired) electrons. The van der Waals surface area contributed by atoms with Crippen LogP contribution in [0.1, 0.15) is 12.2 Å². The second kappa shape index (κ2) is 5.55. The molecule has 3 aromatic rings. The van der Waals surface area contributed by atoms with Gasteiger partial charge >= 0.3 is 0 Å². The van der Waals surface area contributed by atoms with Crippen molar-refractivity contribution >= 4 is 5.82 Å². The molecule has 0 saturated carbocycles. The molecule has 110 valence electrons. The second-order valence-corrected chi connectivity index (χ2v) is 5.37. The molecule has 1 N–H and O–H groups in total. The highest BCUT2D eigenvalue weighted by atomic mass is 15.3. The van der Waals surface area contributed by atoms with Gasteiger partial charge in [0.2, 0.25) is 0 Å². The van der Waals surface area contributed by atoms with E-state index in [2.05, 4.69) is 25.4 Å². The van der Waals surface area contributed by atoms with E-state index in [-0.39, 0.29) is 0 Å². The van der Waals surface area contributed by atoms with Crippen LogP contribution in [0, 0.1) is 0 Å². The van der Waals surface area contributed by atoms with Crippen LogP contribution in [-0.2, 0) is 13.0 Å². The Bertz CT molecular complexity index is 767. The van der Waals surface area contributed by atoms with E-state index in [9.17, 15) is 0 Å². The minimum atomic E-state index is 0.313. The van der Waals surface area contributed by atoms with Gasteiger partial charge in [0.15, 0.2) is 5.82 Å². The van der Waals surface area contributed by atoms with Crippen molar-refractivity contribution in [2.24, 2.45) is 0 Å². The van der Waals surface area contributed by atoms with Gasteiger partial charge in [0.05, 0.1) is 6.54 Å². The molecule has 1 atom stereocenters. The molecular weight excluding hydrogens is 276 g/mol. The molecule has 1 aliphatic rings. The highest BCUT2D eigenvalue weighted by molar-refractivity contribution is 5.56. The Hall–Kier alpha value is -2.76. The van der Waals surface area contributed by atoms with Crippen LogP contribution in [0.5, 0.6) is 0 Å². The van der Waals surface area contributed by atoms with Gasteiger partial charge in [0, 0.05) is 24.2 Å². The Kier molecular flexibility index (Phi) is 3.27. The van der Waals surface area contributed by atoms with E-state index >= 15 is 0 Å². The highest BCUT2D eigenvalue weighted by Gasteiger charge is 2.20. The first-order valence-electron chi connectivity index (χ1n) is 7.40. The fraction of sp³-hybridized carbons (Fsp3) is 0.250. The van der Waals surface area contributed by atoms with Gasteiger partial charge in [0.1, 0.15) is 18.0 Å². The van der Waals surface area contributed by atoms with Crippen LogP contribution in [-0.4, -0.2) is 30.8 Å². The summed E-state index contributed by atoms with van der Waals surface area (Å²) < 4.78 is 1.96. The molecule has 0 fully saturated rings. The Morgan fingerprint density at radius 3 is 2.91 bits per heavy atom. The first-order valence-corrected chi connectivity index (χ1v) is 7.40. The summed E-state index contributed by atoms with van der Waals surface area (Å²) in [5.74, 6) is 2.65. The Balaban J connectivity index is 1.52. The maximum absolute atomic E-state index is 4.61. The second-order valence-electron chi connectivity index (χ2n) is 5.37. The maximum atomic E-state index is 4.61. The summed E-state index contributed by atoms with van der Waals surface area (Å²) in [5, 5.41) is 7.73. The number of aromatic nitrogens is 5. The largest absolute Gasteiger partial charge is 0.365 e. The summed E-state index contributed by atoms with van der Waals surface area (Å²) >= 11 is 0. The summed E-state index contributed by atoms with van der Waals surface area (Å²) in [6.45, 7) is 0.819. The van der Waals surface area contributed by atoms with Crippen molar-refractivity contribution in [2.75, 3.05) is 5.32 Å². The van der Waals surface area contributed by atoms with E-state index in [1.165, 1.54) is 0 Å². The monoisotopic (exact) mass is 292 g/mol. The molecule has 3 heterocycles. The van der Waals surface area contributed by atoms with Crippen LogP contribution in [0.3, 0.4) is 0 Å². The molecule has 1 unspecified atom stereocenters. The van der Waals surface area contributed by atoms with Gasteiger partial charge in [-0.2, -0.15) is 5.10 Å². The highest BCUT2D eigenvalue weighted by Crippen LogP contribution is 2.18. The lowest BCUT2D eigenvalue weighted by atomic mass is 10.1. The van der Waals surface area contributed by atoms with Crippen molar-refractivity contribution in [1.82, 2.24) is 24.7 Å². The molecule has 0 amide bonds. The predicted octanol–water partition coefficient (Wildman–Crippen LogP) is 2.16. The molecule has 22 heavy (non-hydrogen) atoms. The molecule has 1 aromatic carbocycles. The number of anilines is 1. The topological polar surface area (TPSA) is 68.5 Å². The third-order valence-electron chi connectivity index (χ3n) is 3.85. The number of benzene rings is 1. The smallest absolute Gasteiger partial charge is 0.161 e. The van der Waals surface area contributed by atoms with Crippen LogP contribution in [0.4, 0.5) is 5.82 Å². The quantitative estimate of drug-likeness (QED) is 0.801. The van der Waals surface area contributed by atoms with Gasteiger partial charge in [-0.1, -0.05) is 30.3 Å². The third-order valence-corrected chi connectivity index (χ3v) is 3.85. The van der Waals surface area contributed by atoms with E-state index in [4.69, 9.17) is 0 Å². The first kappa shape index (κ1) is 12.9. The molecule has 0 bridgehead atoms. The van der Waals surface area contributed by atoms with Crippen molar-refractivity contribution < 1.29 is 0 Å². The molecule has 4 rings (SSSR count). The Labute approximate surface area is 128 Å². The molecule has 2 aromatic heterocycles. The van der Waals surface area contributed by atoms with Crippen LogP contribution in [0.15, 0.2) is 48.9 Å². The number of nitrogens with zero attached hydrogens (tertiary/aromatic N) is 5. The van der Waals surface area contributed by atoms with Crippen molar-refractivity contribution in [3.05, 3.63) is 54.7 Å². The zero-order chi connectivity index (χ0) is 14.8. The summed E-state index contributed by atoms with van der Waals surface area (Å²) in [4.78, 5) is 13.2. The first-order chi connectivity index (χ1) is 10.9. The Morgan fingerprint density at radius 1 is 1.09 bits per heavy atom. The lowest BCUT2D eigenvalue weighted by molar-refractivity contribution is 0.441. The van der Waals surface area contributed by atoms with Crippen molar-refractivity contribution in [1.29, 1.82) is 0 Å². The van der Waals surface area contributed by atoms with Crippen LogP contribution >= 0.6 is 0 Å². The number of hydrogen-bond donors (Lipinski definition) is 1. The molecule has 0 saturated heterocycles. The average Bonchev–Trinajstić information content (AvgIpc) is 3.04. The van der Waals surface area contributed by atoms with Gasteiger partial charge in [-0.05, 0) is 12.5 Å². The van der Waals surface area contributed by atoms with Gasteiger partial charge < -0.3 is 5.32 Å².